The first kappa shape index (κ1) is 37.1. The van der Waals surface area contributed by atoms with Crippen LogP contribution in [0.1, 0.15) is 168 Å². The van der Waals surface area contributed by atoms with Crippen LogP contribution in [0.5, 0.6) is 0 Å². The number of unbranched alkanes of at least 4 members (excludes halogenated alkanes) is 13. The Hall–Kier alpha value is -0.760. The molecule has 0 aromatic rings. The normalized spacial score (nSPS) is 33.6. The Kier molecular flexibility index (Phi) is 16.9. The Labute approximate surface area is 276 Å². The first-order valence-corrected chi connectivity index (χ1v) is 19.7. The molecule has 0 radical (unpaired) electrons. The molecule has 6 heteroatoms. The molecule has 9 atom stereocenters. The molecule has 0 aromatic heterocycles. The van der Waals surface area contributed by atoms with Gasteiger partial charge in [-0.05, 0) is 82.9 Å². The lowest BCUT2D eigenvalue weighted by Gasteiger charge is -2.36. The van der Waals surface area contributed by atoms with Gasteiger partial charge < -0.3 is 30.9 Å². The summed E-state index contributed by atoms with van der Waals surface area (Å²) >= 11 is 0. The number of piperidine rings is 2. The lowest BCUT2D eigenvalue weighted by atomic mass is 9.91. The fraction of sp³-hybridized carbons (Fsp3) is 0.897. The maximum Gasteiger partial charge on any atom is 0.111 e. The molecule has 3 saturated heterocycles. The minimum Gasteiger partial charge on any atom is -0.392 e. The highest BCUT2D eigenvalue weighted by molar-refractivity contribution is 5.25. The molecule has 0 bridgehead atoms. The van der Waals surface area contributed by atoms with Gasteiger partial charge in [0.2, 0.25) is 0 Å². The number of hydrogen-bond acceptors (Lipinski definition) is 5. The third-order valence-corrected chi connectivity index (χ3v) is 11.7. The molecule has 0 aromatic carbocycles. The molecule has 260 valence electrons. The van der Waals surface area contributed by atoms with Crippen LogP contribution < -0.4 is 15.5 Å². The summed E-state index contributed by atoms with van der Waals surface area (Å²) < 4.78 is 0. The van der Waals surface area contributed by atoms with Gasteiger partial charge in [-0.3, -0.25) is 0 Å². The number of hydrogen-bond donors (Lipinski definition) is 6. The van der Waals surface area contributed by atoms with E-state index in [2.05, 4.69) is 29.7 Å². The van der Waals surface area contributed by atoms with Gasteiger partial charge in [0.05, 0.1) is 24.9 Å². The molecule has 0 saturated carbocycles. The van der Waals surface area contributed by atoms with E-state index in [1.165, 1.54) is 135 Å². The molecule has 5 unspecified atom stereocenters. The lowest BCUT2D eigenvalue weighted by Crippen LogP contribution is -3.12. The summed E-state index contributed by atoms with van der Waals surface area (Å²) in [5.74, 6) is 0. The van der Waals surface area contributed by atoms with Crippen molar-refractivity contribution in [3.63, 3.8) is 0 Å². The molecular formula is C39H72N3O3+. The highest BCUT2D eigenvalue weighted by atomic mass is 16.3. The fourth-order valence-corrected chi connectivity index (χ4v) is 8.76. The number of aliphatic hydroxyl groups excluding tert-OH is 3. The largest absolute Gasteiger partial charge is 0.392 e. The number of allylic oxidation sites excluding steroid dienone is 3. The standard InChI is InChI=1S/C39H71N3O3/c1-30-37(43)25-24-33(40-30)20-15-11-7-4-3-6-10-14-19-32-27-35(42-26-18-23-36(42)28-32)22-17-13-9-5-8-12-16-21-34-29-38(44)39(45)31(2)41-34/h27-28,30-31,33-34,36-41,43-45H,3-26,29H2,1-2H3/p+1/t30-,31-,33+,34?,36?,37?,38?,39+/m0/s1. The maximum atomic E-state index is 10.0. The summed E-state index contributed by atoms with van der Waals surface area (Å²) in [4.78, 5) is 1.79. The van der Waals surface area contributed by atoms with Crippen LogP contribution in [0.2, 0.25) is 0 Å². The summed E-state index contributed by atoms with van der Waals surface area (Å²) in [6.45, 7) is 5.43. The van der Waals surface area contributed by atoms with Gasteiger partial charge in [-0.2, -0.15) is 0 Å². The average Bonchev–Trinajstić information content (AvgIpc) is 3.50. The van der Waals surface area contributed by atoms with E-state index in [4.69, 9.17) is 0 Å². The minimum atomic E-state index is -0.621. The molecule has 4 aliphatic rings. The highest BCUT2D eigenvalue weighted by Gasteiger charge is 2.33. The van der Waals surface area contributed by atoms with Crippen LogP contribution in [0, 0.1) is 0 Å². The van der Waals surface area contributed by atoms with Crippen LogP contribution in [-0.4, -0.2) is 70.4 Å². The van der Waals surface area contributed by atoms with Gasteiger partial charge in [-0.25, -0.2) is 0 Å². The van der Waals surface area contributed by atoms with Crippen LogP contribution in [0.3, 0.4) is 0 Å². The molecule has 0 aliphatic carbocycles. The predicted octanol–water partition coefficient (Wildman–Crippen LogP) is 6.24. The van der Waals surface area contributed by atoms with E-state index in [0.717, 1.165) is 25.3 Å². The van der Waals surface area contributed by atoms with Crippen LogP contribution >= 0.6 is 0 Å². The van der Waals surface area contributed by atoms with Gasteiger partial charge in [-0.15, -0.1) is 0 Å². The smallest absolute Gasteiger partial charge is 0.111 e. The number of rotatable bonds is 21. The van der Waals surface area contributed by atoms with Gasteiger partial charge in [0.25, 0.3) is 0 Å². The molecule has 6 N–H and O–H groups in total. The zero-order valence-electron chi connectivity index (χ0n) is 29.3. The number of nitrogens with one attached hydrogen (secondary N) is 3. The van der Waals surface area contributed by atoms with E-state index >= 15 is 0 Å². The molecule has 6 nitrogen and oxygen atoms in total. The van der Waals surface area contributed by atoms with Crippen molar-refractivity contribution >= 4 is 0 Å². The Morgan fingerprint density at radius 1 is 0.644 bits per heavy atom. The molecule has 4 rings (SSSR count). The van der Waals surface area contributed by atoms with E-state index < -0.39 is 12.2 Å². The van der Waals surface area contributed by atoms with Crippen molar-refractivity contribution in [2.45, 2.75) is 216 Å². The van der Waals surface area contributed by atoms with Gasteiger partial charge in [0.15, 0.2) is 0 Å². The van der Waals surface area contributed by atoms with Gasteiger partial charge in [-0.1, -0.05) is 83.5 Å². The molecule has 4 heterocycles. The predicted molar refractivity (Wildman–Crippen MR) is 187 cm³/mol. The lowest BCUT2D eigenvalue weighted by molar-refractivity contribution is -0.868. The Balaban J connectivity index is 0.984. The zero-order chi connectivity index (χ0) is 31.9. The van der Waals surface area contributed by atoms with Crippen molar-refractivity contribution < 1.29 is 20.2 Å². The highest BCUT2D eigenvalue weighted by Crippen LogP contribution is 2.23. The fourth-order valence-electron chi connectivity index (χ4n) is 8.76. The first-order chi connectivity index (χ1) is 21.9. The first-order valence-electron chi connectivity index (χ1n) is 19.7. The monoisotopic (exact) mass is 631 g/mol. The second kappa shape index (κ2) is 20.6. The molecule has 0 spiro atoms. The van der Waals surface area contributed by atoms with E-state index in [0.29, 0.717) is 18.5 Å². The SMILES string of the molecule is C[C@@H]1N[C@H](CCCCCCCCCCC2=CC3CCC[NH+]3C(CCCCCCCCCC3CC(O)[C@H](O)[C@H](C)N3)=C2)CCC1O. The average molecular weight is 631 g/mol. The van der Waals surface area contributed by atoms with Crippen LogP contribution in [-0.2, 0) is 0 Å². The maximum absolute atomic E-state index is 10.0. The van der Waals surface area contributed by atoms with Gasteiger partial charge in [0, 0.05) is 43.4 Å². The van der Waals surface area contributed by atoms with Gasteiger partial charge in [0.1, 0.15) is 11.7 Å². The van der Waals surface area contributed by atoms with Crippen molar-refractivity contribution in [3.05, 3.63) is 23.4 Å². The molecule has 4 aliphatic heterocycles. The van der Waals surface area contributed by atoms with Crippen LogP contribution in [0.25, 0.3) is 0 Å². The summed E-state index contributed by atoms with van der Waals surface area (Å²) in [7, 11) is 0. The van der Waals surface area contributed by atoms with E-state index in [9.17, 15) is 15.3 Å². The Morgan fingerprint density at radius 3 is 1.87 bits per heavy atom. The van der Waals surface area contributed by atoms with Crippen molar-refractivity contribution in [2.24, 2.45) is 0 Å². The van der Waals surface area contributed by atoms with Crippen molar-refractivity contribution in [1.82, 2.24) is 10.6 Å². The molecule has 3 fully saturated rings. The van der Waals surface area contributed by atoms with Crippen LogP contribution in [0.4, 0.5) is 0 Å². The minimum absolute atomic E-state index is 0.00502. The summed E-state index contributed by atoms with van der Waals surface area (Å²) in [5, 5.41) is 36.9. The van der Waals surface area contributed by atoms with E-state index in [1.807, 2.05) is 6.92 Å². The molecular weight excluding hydrogens is 558 g/mol. The summed E-state index contributed by atoms with van der Waals surface area (Å²) in [6, 6.07) is 1.99. The van der Waals surface area contributed by atoms with Crippen molar-refractivity contribution in [1.29, 1.82) is 0 Å². The van der Waals surface area contributed by atoms with Crippen LogP contribution in [0.15, 0.2) is 23.4 Å². The topological polar surface area (TPSA) is 89.2 Å². The number of quaternary nitrogens is 1. The van der Waals surface area contributed by atoms with Crippen molar-refractivity contribution in [2.75, 3.05) is 6.54 Å². The number of fused-ring (bicyclic) bond motifs is 1. The Bertz CT molecular complexity index is 866. The third kappa shape index (κ3) is 13.0. The third-order valence-electron chi connectivity index (χ3n) is 11.7. The summed E-state index contributed by atoms with van der Waals surface area (Å²) in [5.41, 5.74) is 3.35. The second-order valence-electron chi connectivity index (χ2n) is 15.6. The van der Waals surface area contributed by atoms with Crippen molar-refractivity contribution in [3.8, 4) is 0 Å². The molecule has 45 heavy (non-hydrogen) atoms. The van der Waals surface area contributed by atoms with Gasteiger partial charge >= 0.3 is 0 Å². The number of aliphatic hydroxyl groups is 3. The summed E-state index contributed by atoms with van der Waals surface area (Å²) in [6.07, 6.45) is 34.7. The van der Waals surface area contributed by atoms with E-state index in [1.54, 1.807) is 16.2 Å². The van der Waals surface area contributed by atoms with E-state index in [-0.39, 0.29) is 18.2 Å². The quantitative estimate of drug-likeness (QED) is 0.0846. The zero-order valence-corrected chi connectivity index (χ0v) is 29.3. The Morgan fingerprint density at radius 2 is 1.22 bits per heavy atom. The second-order valence-corrected chi connectivity index (χ2v) is 15.6. The molecule has 0 amide bonds.